The van der Waals surface area contributed by atoms with Crippen molar-refractivity contribution in [3.05, 3.63) is 58.7 Å². The molecule has 4 heteroatoms. The molecule has 0 saturated carbocycles. The molecule has 1 aliphatic carbocycles. The quantitative estimate of drug-likeness (QED) is 0.246. The smallest absolute Gasteiger partial charge is 0.198 e. The Morgan fingerprint density at radius 3 is 1.79 bits per heavy atom. The Morgan fingerprint density at radius 1 is 0.676 bits per heavy atom. The number of ketones is 2. The van der Waals surface area contributed by atoms with Crippen LogP contribution < -0.4 is 9.47 Å². The highest BCUT2D eigenvalue weighted by atomic mass is 16.5. The third-order valence-corrected chi connectivity index (χ3v) is 7.03. The molecule has 0 amide bonds. The molecule has 0 bridgehead atoms. The molecular formula is C30H40O4. The van der Waals surface area contributed by atoms with Gasteiger partial charge < -0.3 is 9.47 Å². The molecule has 0 saturated heterocycles. The Hall–Kier alpha value is -2.62. The fraction of sp³-hybridized carbons (Fsp3) is 0.533. The highest BCUT2D eigenvalue weighted by Gasteiger charge is 2.34. The molecule has 0 spiro atoms. The second kappa shape index (κ2) is 12.7. The van der Waals surface area contributed by atoms with Crippen LogP contribution in [0.15, 0.2) is 36.4 Å². The van der Waals surface area contributed by atoms with Crippen LogP contribution in [0.5, 0.6) is 11.5 Å². The summed E-state index contributed by atoms with van der Waals surface area (Å²) in [7, 11) is 0. The monoisotopic (exact) mass is 464 g/mol. The highest BCUT2D eigenvalue weighted by Crippen LogP contribution is 2.40. The first-order valence-electron chi connectivity index (χ1n) is 13.2. The maximum absolute atomic E-state index is 13.6. The van der Waals surface area contributed by atoms with Crippen molar-refractivity contribution in [1.29, 1.82) is 0 Å². The molecule has 0 heterocycles. The third-order valence-electron chi connectivity index (χ3n) is 7.03. The molecule has 2 atom stereocenters. The van der Waals surface area contributed by atoms with E-state index in [9.17, 15) is 9.59 Å². The highest BCUT2D eigenvalue weighted by molar-refractivity contribution is 6.29. The van der Waals surface area contributed by atoms with Crippen molar-refractivity contribution in [2.24, 2.45) is 11.8 Å². The Morgan fingerprint density at radius 2 is 1.24 bits per heavy atom. The van der Waals surface area contributed by atoms with E-state index in [2.05, 4.69) is 27.7 Å². The van der Waals surface area contributed by atoms with Gasteiger partial charge in [-0.25, -0.2) is 0 Å². The Labute approximate surface area is 205 Å². The fourth-order valence-corrected chi connectivity index (χ4v) is 4.60. The topological polar surface area (TPSA) is 52.6 Å². The van der Waals surface area contributed by atoms with Gasteiger partial charge in [-0.2, -0.15) is 0 Å². The van der Waals surface area contributed by atoms with Gasteiger partial charge in [-0.3, -0.25) is 9.59 Å². The minimum absolute atomic E-state index is 0.131. The van der Waals surface area contributed by atoms with Crippen molar-refractivity contribution in [3.8, 4) is 11.5 Å². The summed E-state index contributed by atoms with van der Waals surface area (Å²) in [5, 5.41) is 0. The number of rotatable bonds is 14. The summed E-state index contributed by atoms with van der Waals surface area (Å²) in [6.07, 6.45) is 8.89. The predicted molar refractivity (Wildman–Crippen MR) is 137 cm³/mol. The van der Waals surface area contributed by atoms with Crippen LogP contribution in [-0.4, -0.2) is 24.8 Å². The summed E-state index contributed by atoms with van der Waals surface area (Å²) in [6.45, 7) is 9.85. The summed E-state index contributed by atoms with van der Waals surface area (Å²) < 4.78 is 12.7. The normalized spacial score (nSPS) is 14.4. The number of unbranched alkanes of at least 4 members (excludes halogenated alkanes) is 2. The van der Waals surface area contributed by atoms with Crippen LogP contribution in [0, 0.1) is 11.8 Å². The van der Waals surface area contributed by atoms with Gasteiger partial charge in [0.15, 0.2) is 23.1 Å². The van der Waals surface area contributed by atoms with Gasteiger partial charge in [0.05, 0.1) is 18.8 Å². The standard InChI is InChI=1S/C30H40O4/c1-5-9-13-21(7-3)19-33-26-18-17-25-27(30(26)34-20-22(8-4)14-10-6-2)29(32)24-16-12-11-15-23(24)28(25)31/h11-12,15-18,21-22H,5-10,13-14,19-20H2,1-4H3. The number of fused-ring (bicyclic) bond motifs is 2. The molecule has 3 rings (SSSR count). The zero-order valence-electron chi connectivity index (χ0n) is 21.3. The van der Waals surface area contributed by atoms with Gasteiger partial charge in [-0.1, -0.05) is 90.5 Å². The molecule has 34 heavy (non-hydrogen) atoms. The van der Waals surface area contributed by atoms with E-state index in [1.807, 2.05) is 6.07 Å². The van der Waals surface area contributed by atoms with Gasteiger partial charge >= 0.3 is 0 Å². The van der Waals surface area contributed by atoms with Gasteiger partial charge in [-0.15, -0.1) is 0 Å². The van der Waals surface area contributed by atoms with Gasteiger partial charge in [0, 0.05) is 16.7 Å². The van der Waals surface area contributed by atoms with E-state index in [0.717, 1.165) is 44.9 Å². The van der Waals surface area contributed by atoms with Crippen LogP contribution in [0.3, 0.4) is 0 Å². The predicted octanol–water partition coefficient (Wildman–Crippen LogP) is 7.65. The van der Waals surface area contributed by atoms with Gasteiger partial charge in [-0.05, 0) is 36.8 Å². The lowest BCUT2D eigenvalue weighted by molar-refractivity contribution is 0.0973. The van der Waals surface area contributed by atoms with E-state index < -0.39 is 0 Å². The maximum Gasteiger partial charge on any atom is 0.198 e. The summed E-state index contributed by atoms with van der Waals surface area (Å²) >= 11 is 0. The molecule has 0 aliphatic heterocycles. The van der Waals surface area contributed by atoms with E-state index in [1.54, 1.807) is 30.3 Å². The molecular weight excluding hydrogens is 424 g/mol. The van der Waals surface area contributed by atoms with Crippen molar-refractivity contribution < 1.29 is 19.1 Å². The molecule has 1 aliphatic rings. The van der Waals surface area contributed by atoms with Crippen LogP contribution in [-0.2, 0) is 0 Å². The molecule has 0 aromatic heterocycles. The zero-order valence-corrected chi connectivity index (χ0v) is 21.3. The average molecular weight is 465 g/mol. The lowest BCUT2D eigenvalue weighted by Crippen LogP contribution is -2.23. The molecule has 2 aromatic rings. The number of benzene rings is 2. The number of hydrogen-bond donors (Lipinski definition) is 0. The molecule has 0 fully saturated rings. The Bertz CT molecular complexity index is 978. The molecule has 0 radical (unpaired) electrons. The molecule has 0 N–H and O–H groups in total. The Balaban J connectivity index is 1.95. The van der Waals surface area contributed by atoms with Crippen molar-refractivity contribution in [2.45, 2.75) is 79.1 Å². The van der Waals surface area contributed by atoms with E-state index in [-0.39, 0.29) is 11.6 Å². The lowest BCUT2D eigenvalue weighted by atomic mass is 9.83. The second-order valence-corrected chi connectivity index (χ2v) is 9.47. The average Bonchev–Trinajstić information content (AvgIpc) is 2.87. The SMILES string of the molecule is CCCCC(CC)COc1ccc2c(c1OCC(CC)CCCC)C(=O)c1ccccc1C2=O. The van der Waals surface area contributed by atoms with E-state index in [4.69, 9.17) is 9.47 Å². The van der Waals surface area contributed by atoms with Crippen molar-refractivity contribution >= 4 is 11.6 Å². The van der Waals surface area contributed by atoms with Gasteiger partial charge in [0.1, 0.15) is 0 Å². The van der Waals surface area contributed by atoms with Crippen LogP contribution in [0.25, 0.3) is 0 Å². The third kappa shape index (κ3) is 5.89. The second-order valence-electron chi connectivity index (χ2n) is 9.47. The summed E-state index contributed by atoms with van der Waals surface area (Å²) in [4.78, 5) is 26.8. The number of carbonyl (C=O) groups is 2. The first kappa shape index (κ1) is 26.0. The van der Waals surface area contributed by atoms with E-state index >= 15 is 0 Å². The number of carbonyl (C=O) groups excluding carboxylic acids is 2. The summed E-state index contributed by atoms with van der Waals surface area (Å²) in [5.74, 6) is 1.57. The van der Waals surface area contributed by atoms with Crippen LogP contribution in [0.1, 0.15) is 111 Å². The van der Waals surface area contributed by atoms with E-state index in [1.165, 1.54) is 6.42 Å². The Kier molecular flexibility index (Phi) is 9.74. The van der Waals surface area contributed by atoms with Gasteiger partial charge in [0.2, 0.25) is 0 Å². The summed E-state index contributed by atoms with van der Waals surface area (Å²) in [6, 6.07) is 10.6. The molecule has 184 valence electrons. The molecule has 2 aromatic carbocycles. The maximum atomic E-state index is 13.6. The van der Waals surface area contributed by atoms with Crippen LogP contribution in [0.2, 0.25) is 0 Å². The van der Waals surface area contributed by atoms with Crippen LogP contribution >= 0.6 is 0 Å². The first-order valence-corrected chi connectivity index (χ1v) is 13.2. The van der Waals surface area contributed by atoms with Gasteiger partial charge in [0.25, 0.3) is 0 Å². The minimum Gasteiger partial charge on any atom is -0.489 e. The largest absolute Gasteiger partial charge is 0.489 e. The molecule has 4 nitrogen and oxygen atoms in total. The fourth-order valence-electron chi connectivity index (χ4n) is 4.60. The lowest BCUT2D eigenvalue weighted by Gasteiger charge is -2.25. The first-order chi connectivity index (χ1) is 16.5. The summed E-state index contributed by atoms with van der Waals surface area (Å²) in [5.41, 5.74) is 1.66. The number of ether oxygens (including phenoxy) is 2. The van der Waals surface area contributed by atoms with E-state index in [0.29, 0.717) is 58.8 Å². The van der Waals surface area contributed by atoms with Crippen molar-refractivity contribution in [1.82, 2.24) is 0 Å². The molecule has 2 unspecified atom stereocenters. The number of hydrogen-bond acceptors (Lipinski definition) is 4. The van der Waals surface area contributed by atoms with Crippen LogP contribution in [0.4, 0.5) is 0 Å². The van der Waals surface area contributed by atoms with Crippen molar-refractivity contribution in [2.75, 3.05) is 13.2 Å². The van der Waals surface area contributed by atoms with Crippen molar-refractivity contribution in [3.63, 3.8) is 0 Å². The minimum atomic E-state index is -0.162. The zero-order chi connectivity index (χ0) is 24.5.